The van der Waals surface area contributed by atoms with Crippen LogP contribution in [0.25, 0.3) is 0 Å². The van der Waals surface area contributed by atoms with Crippen molar-refractivity contribution < 1.29 is 0 Å². The third kappa shape index (κ3) is 8.45. The molecule has 0 atom stereocenters. The van der Waals surface area contributed by atoms with E-state index in [1.54, 1.807) is 0 Å². The predicted molar refractivity (Wildman–Crippen MR) is 55.0 cm³/mol. The van der Waals surface area contributed by atoms with Crippen LogP contribution in [0.15, 0.2) is 0 Å². The molecule has 0 aromatic heterocycles. The molecule has 0 radical (unpaired) electrons. The van der Waals surface area contributed by atoms with Gasteiger partial charge in [-0.1, -0.05) is 13.8 Å². The molecule has 70 valence electrons. The highest BCUT2D eigenvalue weighted by Crippen LogP contribution is 1.95. The highest BCUT2D eigenvalue weighted by atomic mass is 35.5. The lowest BCUT2D eigenvalue weighted by Gasteiger charge is -2.16. The van der Waals surface area contributed by atoms with Crippen molar-refractivity contribution in [1.29, 1.82) is 0 Å². The minimum Gasteiger partial charge on any atom is -0.304 e. The lowest BCUT2D eigenvalue weighted by Crippen LogP contribution is -2.23. The zero-order valence-electron chi connectivity index (χ0n) is 7.48. The molecule has 0 N–H and O–H groups in total. The summed E-state index contributed by atoms with van der Waals surface area (Å²) in [7, 11) is 0. The minimum absolute atomic E-state index is 0. The monoisotopic (exact) mass is 199 g/mol. The fraction of sp³-hybridized carbons (Fsp3) is 1.00. The molecule has 11 heavy (non-hydrogen) atoms. The van der Waals surface area contributed by atoms with Crippen molar-refractivity contribution in [2.24, 2.45) is 0 Å². The molecule has 0 fully saturated rings. The fourth-order valence-corrected chi connectivity index (χ4v) is 1.16. The summed E-state index contributed by atoms with van der Waals surface area (Å²) >= 11 is 5.55. The van der Waals surface area contributed by atoms with Crippen LogP contribution in [-0.4, -0.2) is 30.4 Å². The van der Waals surface area contributed by atoms with Gasteiger partial charge in [0, 0.05) is 5.88 Å². The second-order valence-electron chi connectivity index (χ2n) is 2.42. The average molecular weight is 200 g/mol. The summed E-state index contributed by atoms with van der Waals surface area (Å²) in [6.07, 6.45) is 2.39. The summed E-state index contributed by atoms with van der Waals surface area (Å²) in [5.41, 5.74) is 0. The van der Waals surface area contributed by atoms with Crippen molar-refractivity contribution in [2.75, 3.05) is 25.5 Å². The summed E-state index contributed by atoms with van der Waals surface area (Å²) in [5.74, 6) is 0.807. The highest BCUT2D eigenvalue weighted by Gasteiger charge is 1.96. The Kier molecular flexibility index (Phi) is 13.5. The number of hydrogen-bond acceptors (Lipinski definition) is 1. The van der Waals surface area contributed by atoms with Crippen LogP contribution >= 0.6 is 24.0 Å². The molecule has 0 heterocycles. The Morgan fingerprint density at radius 2 is 1.64 bits per heavy atom. The Morgan fingerprint density at radius 1 is 1.09 bits per heavy atom. The number of halogens is 2. The summed E-state index contributed by atoms with van der Waals surface area (Å²) in [4.78, 5) is 2.42. The topological polar surface area (TPSA) is 3.24 Å². The van der Waals surface area contributed by atoms with Crippen molar-refractivity contribution in [3.8, 4) is 0 Å². The smallest absolute Gasteiger partial charge is 0.0223 e. The number of alkyl halides is 1. The largest absolute Gasteiger partial charge is 0.304 e. The lowest BCUT2D eigenvalue weighted by molar-refractivity contribution is 0.299. The maximum Gasteiger partial charge on any atom is 0.0223 e. The number of nitrogens with zero attached hydrogens (tertiary/aromatic N) is 1. The molecule has 3 heteroatoms. The third-order valence-electron chi connectivity index (χ3n) is 1.75. The van der Waals surface area contributed by atoms with Crippen LogP contribution in [0.3, 0.4) is 0 Å². The van der Waals surface area contributed by atoms with E-state index in [1.165, 1.54) is 26.1 Å². The van der Waals surface area contributed by atoms with E-state index >= 15 is 0 Å². The van der Waals surface area contributed by atoms with Gasteiger partial charge in [0.2, 0.25) is 0 Å². The van der Waals surface area contributed by atoms with Gasteiger partial charge in [-0.25, -0.2) is 0 Å². The van der Waals surface area contributed by atoms with E-state index in [1.807, 2.05) is 0 Å². The SMILES string of the molecule is CCN(CC)CCCCCl.Cl. The Morgan fingerprint density at radius 3 is 2.00 bits per heavy atom. The molecule has 0 aliphatic carbocycles. The highest BCUT2D eigenvalue weighted by molar-refractivity contribution is 6.17. The van der Waals surface area contributed by atoms with Crippen molar-refractivity contribution in [1.82, 2.24) is 4.90 Å². The number of rotatable bonds is 6. The Bertz CT molecular complexity index is 65.1. The minimum atomic E-state index is 0. The Labute approximate surface area is 81.5 Å². The molecule has 0 spiro atoms. The molecular formula is C8H19Cl2N. The molecular weight excluding hydrogens is 181 g/mol. The molecule has 0 saturated heterocycles. The van der Waals surface area contributed by atoms with Gasteiger partial charge in [-0.3, -0.25) is 0 Å². The van der Waals surface area contributed by atoms with Gasteiger partial charge in [-0.2, -0.15) is 0 Å². The maximum absolute atomic E-state index is 5.55. The second kappa shape index (κ2) is 10.5. The Hall–Kier alpha value is 0.540. The van der Waals surface area contributed by atoms with Crippen LogP contribution in [0.1, 0.15) is 26.7 Å². The van der Waals surface area contributed by atoms with Crippen molar-refractivity contribution in [2.45, 2.75) is 26.7 Å². The first kappa shape index (κ1) is 14.1. The zero-order chi connectivity index (χ0) is 7.82. The van der Waals surface area contributed by atoms with E-state index in [2.05, 4.69) is 18.7 Å². The summed E-state index contributed by atoms with van der Waals surface area (Å²) in [6, 6.07) is 0. The molecule has 0 saturated carbocycles. The molecule has 0 aliphatic heterocycles. The van der Waals surface area contributed by atoms with Crippen LogP contribution in [0.4, 0.5) is 0 Å². The van der Waals surface area contributed by atoms with Gasteiger partial charge in [0.15, 0.2) is 0 Å². The molecule has 0 bridgehead atoms. The normalized spacial score (nSPS) is 9.82. The van der Waals surface area contributed by atoms with Gasteiger partial charge in [-0.05, 0) is 32.5 Å². The first-order valence-corrected chi connectivity index (χ1v) is 4.66. The molecule has 0 aromatic carbocycles. The fourth-order valence-electron chi connectivity index (χ4n) is 0.970. The Balaban J connectivity index is 0. The quantitative estimate of drug-likeness (QED) is 0.470. The number of hydrogen-bond donors (Lipinski definition) is 0. The standard InChI is InChI=1S/C8H18ClN.ClH/c1-3-10(4-2)8-6-5-7-9;/h3-8H2,1-2H3;1H. The van der Waals surface area contributed by atoms with Crippen LogP contribution < -0.4 is 0 Å². The van der Waals surface area contributed by atoms with Crippen LogP contribution in [0, 0.1) is 0 Å². The predicted octanol–water partition coefficient (Wildman–Crippen LogP) is 2.77. The molecule has 0 aliphatic rings. The first-order chi connectivity index (χ1) is 4.85. The summed E-state index contributed by atoms with van der Waals surface area (Å²) in [6.45, 7) is 7.94. The molecule has 0 amide bonds. The van der Waals surface area contributed by atoms with Gasteiger partial charge < -0.3 is 4.90 Å². The first-order valence-electron chi connectivity index (χ1n) is 4.13. The van der Waals surface area contributed by atoms with E-state index < -0.39 is 0 Å². The van der Waals surface area contributed by atoms with Gasteiger partial charge >= 0.3 is 0 Å². The summed E-state index contributed by atoms with van der Waals surface area (Å²) < 4.78 is 0. The van der Waals surface area contributed by atoms with Crippen LogP contribution in [0.5, 0.6) is 0 Å². The van der Waals surface area contributed by atoms with Crippen LogP contribution in [0.2, 0.25) is 0 Å². The molecule has 0 aromatic rings. The van der Waals surface area contributed by atoms with E-state index in [9.17, 15) is 0 Å². The number of unbranched alkanes of at least 4 members (excludes halogenated alkanes) is 1. The summed E-state index contributed by atoms with van der Waals surface area (Å²) in [5, 5.41) is 0. The molecule has 0 unspecified atom stereocenters. The van der Waals surface area contributed by atoms with Gasteiger partial charge in [0.25, 0.3) is 0 Å². The van der Waals surface area contributed by atoms with Crippen molar-refractivity contribution >= 4 is 24.0 Å². The van der Waals surface area contributed by atoms with Gasteiger partial charge in [-0.15, -0.1) is 24.0 Å². The molecule has 0 rings (SSSR count). The lowest BCUT2D eigenvalue weighted by atomic mass is 10.3. The zero-order valence-corrected chi connectivity index (χ0v) is 9.05. The van der Waals surface area contributed by atoms with Crippen LogP contribution in [-0.2, 0) is 0 Å². The van der Waals surface area contributed by atoms with Gasteiger partial charge in [0.05, 0.1) is 0 Å². The van der Waals surface area contributed by atoms with Gasteiger partial charge in [0.1, 0.15) is 0 Å². The van der Waals surface area contributed by atoms with E-state index in [-0.39, 0.29) is 12.4 Å². The van der Waals surface area contributed by atoms with E-state index in [4.69, 9.17) is 11.6 Å². The third-order valence-corrected chi connectivity index (χ3v) is 2.02. The average Bonchev–Trinajstić information content (AvgIpc) is 1.99. The van der Waals surface area contributed by atoms with Crippen molar-refractivity contribution in [3.05, 3.63) is 0 Å². The maximum atomic E-state index is 5.55. The van der Waals surface area contributed by atoms with Crippen molar-refractivity contribution in [3.63, 3.8) is 0 Å². The van der Waals surface area contributed by atoms with E-state index in [0.29, 0.717) is 0 Å². The van der Waals surface area contributed by atoms with E-state index in [0.717, 1.165) is 12.3 Å². The second-order valence-corrected chi connectivity index (χ2v) is 2.80. The molecule has 1 nitrogen and oxygen atoms in total.